The van der Waals surface area contributed by atoms with Crippen molar-refractivity contribution in [2.45, 2.75) is 44.6 Å². The number of anilines is 1. The second-order valence-electron chi connectivity index (χ2n) is 7.64. The SMILES string of the molecule is Cc1ccc(S(=O)(=O)N2CCC(C(=O)Nc3ccccc3OC(C)C)CC2)cc1. The van der Waals surface area contributed by atoms with Crippen LogP contribution in [0.2, 0.25) is 0 Å². The molecule has 1 aliphatic rings. The Labute approximate surface area is 172 Å². The minimum atomic E-state index is -3.53. The number of amides is 1. The summed E-state index contributed by atoms with van der Waals surface area (Å²) < 4.78 is 32.9. The summed E-state index contributed by atoms with van der Waals surface area (Å²) >= 11 is 0. The van der Waals surface area contributed by atoms with Gasteiger partial charge in [-0.3, -0.25) is 4.79 Å². The van der Waals surface area contributed by atoms with Crippen LogP contribution in [0, 0.1) is 12.8 Å². The van der Waals surface area contributed by atoms with E-state index < -0.39 is 10.0 Å². The van der Waals surface area contributed by atoms with Gasteiger partial charge in [-0.25, -0.2) is 8.42 Å². The van der Waals surface area contributed by atoms with Crippen LogP contribution in [-0.2, 0) is 14.8 Å². The van der Waals surface area contributed by atoms with Gasteiger partial charge in [0.1, 0.15) is 5.75 Å². The van der Waals surface area contributed by atoms with Crippen molar-refractivity contribution >= 4 is 21.6 Å². The molecule has 0 saturated carbocycles. The zero-order chi connectivity index (χ0) is 21.0. The second-order valence-corrected chi connectivity index (χ2v) is 9.58. The van der Waals surface area contributed by atoms with Gasteiger partial charge in [-0.15, -0.1) is 0 Å². The molecule has 1 fully saturated rings. The van der Waals surface area contributed by atoms with Gasteiger partial charge in [0.25, 0.3) is 0 Å². The number of rotatable bonds is 6. The van der Waals surface area contributed by atoms with E-state index in [1.54, 1.807) is 24.3 Å². The van der Waals surface area contributed by atoms with Crippen LogP contribution in [0.25, 0.3) is 0 Å². The van der Waals surface area contributed by atoms with Crippen molar-refractivity contribution in [2.75, 3.05) is 18.4 Å². The van der Waals surface area contributed by atoms with Gasteiger partial charge in [-0.2, -0.15) is 4.31 Å². The fourth-order valence-corrected chi connectivity index (χ4v) is 4.85. The average Bonchev–Trinajstić information content (AvgIpc) is 2.69. The van der Waals surface area contributed by atoms with E-state index in [-0.39, 0.29) is 17.9 Å². The molecule has 2 aromatic carbocycles. The zero-order valence-electron chi connectivity index (χ0n) is 17.1. The third kappa shape index (κ3) is 5.16. The summed E-state index contributed by atoms with van der Waals surface area (Å²) in [5.41, 5.74) is 1.65. The fraction of sp³-hybridized carbons (Fsp3) is 0.409. The number of hydrogen-bond acceptors (Lipinski definition) is 4. The molecule has 1 amide bonds. The largest absolute Gasteiger partial charge is 0.489 e. The van der Waals surface area contributed by atoms with Crippen molar-refractivity contribution in [1.82, 2.24) is 4.31 Å². The lowest BCUT2D eigenvalue weighted by Gasteiger charge is -2.30. The molecule has 0 bridgehead atoms. The zero-order valence-corrected chi connectivity index (χ0v) is 17.9. The number of aryl methyl sites for hydroxylation is 1. The number of hydrogen-bond donors (Lipinski definition) is 1. The monoisotopic (exact) mass is 416 g/mol. The van der Waals surface area contributed by atoms with Crippen LogP contribution in [0.15, 0.2) is 53.4 Å². The quantitative estimate of drug-likeness (QED) is 0.777. The molecule has 0 spiro atoms. The summed E-state index contributed by atoms with van der Waals surface area (Å²) in [7, 11) is -3.53. The fourth-order valence-electron chi connectivity index (χ4n) is 3.38. The first-order valence-electron chi connectivity index (χ1n) is 9.91. The number of carbonyl (C=O) groups excluding carboxylic acids is 1. The van der Waals surface area contributed by atoms with E-state index in [0.717, 1.165) is 5.56 Å². The molecular weight excluding hydrogens is 388 g/mol. The van der Waals surface area contributed by atoms with Gasteiger partial charge in [-0.1, -0.05) is 29.8 Å². The van der Waals surface area contributed by atoms with E-state index in [1.807, 2.05) is 45.0 Å². The molecule has 0 radical (unpaired) electrons. The molecule has 29 heavy (non-hydrogen) atoms. The third-order valence-electron chi connectivity index (χ3n) is 4.99. The first-order chi connectivity index (χ1) is 13.8. The summed E-state index contributed by atoms with van der Waals surface area (Å²) in [4.78, 5) is 13.0. The maximum Gasteiger partial charge on any atom is 0.243 e. The molecule has 1 heterocycles. The first kappa shape index (κ1) is 21.3. The predicted octanol–water partition coefficient (Wildman–Crippen LogP) is 3.82. The van der Waals surface area contributed by atoms with Gasteiger partial charge < -0.3 is 10.1 Å². The minimum absolute atomic E-state index is 0.00303. The molecule has 0 unspecified atom stereocenters. The Hall–Kier alpha value is -2.38. The summed E-state index contributed by atoms with van der Waals surface area (Å²) in [6.07, 6.45) is 0.983. The van der Waals surface area contributed by atoms with Crippen molar-refractivity contribution < 1.29 is 17.9 Å². The maximum atomic E-state index is 12.8. The van der Waals surface area contributed by atoms with E-state index in [0.29, 0.717) is 42.3 Å². The summed E-state index contributed by atoms with van der Waals surface area (Å²) in [6, 6.07) is 14.2. The highest BCUT2D eigenvalue weighted by atomic mass is 32.2. The molecule has 1 aliphatic heterocycles. The molecule has 6 nitrogen and oxygen atoms in total. The van der Waals surface area contributed by atoms with E-state index >= 15 is 0 Å². The number of piperidine rings is 1. The number of sulfonamides is 1. The Morgan fingerprint density at radius 3 is 2.31 bits per heavy atom. The predicted molar refractivity (Wildman–Crippen MR) is 113 cm³/mol. The van der Waals surface area contributed by atoms with Crippen LogP contribution < -0.4 is 10.1 Å². The molecule has 1 N–H and O–H groups in total. The molecule has 0 aliphatic carbocycles. The van der Waals surface area contributed by atoms with E-state index in [1.165, 1.54) is 4.31 Å². The molecule has 0 aromatic heterocycles. The Bertz CT molecular complexity index is 947. The van der Waals surface area contributed by atoms with Crippen molar-refractivity contribution in [3.63, 3.8) is 0 Å². The lowest BCUT2D eigenvalue weighted by Crippen LogP contribution is -2.41. The van der Waals surface area contributed by atoms with Crippen LogP contribution in [-0.4, -0.2) is 37.8 Å². The van der Waals surface area contributed by atoms with Crippen molar-refractivity contribution in [1.29, 1.82) is 0 Å². The smallest absolute Gasteiger partial charge is 0.243 e. The Morgan fingerprint density at radius 1 is 1.07 bits per heavy atom. The van der Waals surface area contributed by atoms with Gasteiger partial charge in [-0.05, 0) is 57.9 Å². The number of nitrogens with zero attached hydrogens (tertiary/aromatic N) is 1. The maximum absolute atomic E-state index is 12.8. The van der Waals surface area contributed by atoms with Crippen LogP contribution in [0.4, 0.5) is 5.69 Å². The van der Waals surface area contributed by atoms with Gasteiger partial charge >= 0.3 is 0 Å². The normalized spacial score (nSPS) is 16.0. The van der Waals surface area contributed by atoms with Gasteiger partial charge in [0.05, 0.1) is 16.7 Å². The molecule has 7 heteroatoms. The number of benzene rings is 2. The third-order valence-corrected chi connectivity index (χ3v) is 6.90. The van der Waals surface area contributed by atoms with Gasteiger partial charge in [0.2, 0.25) is 15.9 Å². The number of nitrogens with one attached hydrogen (secondary N) is 1. The van der Waals surface area contributed by atoms with E-state index in [4.69, 9.17) is 4.74 Å². The molecule has 3 rings (SSSR count). The Balaban J connectivity index is 1.62. The minimum Gasteiger partial charge on any atom is -0.489 e. The Kier molecular flexibility index (Phi) is 6.59. The number of ether oxygens (including phenoxy) is 1. The second kappa shape index (κ2) is 8.97. The van der Waals surface area contributed by atoms with Crippen molar-refractivity contribution in [2.24, 2.45) is 5.92 Å². The molecule has 1 saturated heterocycles. The number of carbonyl (C=O) groups is 1. The highest BCUT2D eigenvalue weighted by molar-refractivity contribution is 7.89. The average molecular weight is 417 g/mol. The first-order valence-corrected chi connectivity index (χ1v) is 11.3. The molecule has 156 valence electrons. The summed E-state index contributed by atoms with van der Waals surface area (Å²) in [5.74, 6) is 0.305. The van der Waals surface area contributed by atoms with Crippen LogP contribution in [0.3, 0.4) is 0 Å². The van der Waals surface area contributed by atoms with Gasteiger partial charge in [0.15, 0.2) is 0 Å². The van der Waals surface area contributed by atoms with Crippen molar-refractivity contribution in [3.8, 4) is 5.75 Å². The van der Waals surface area contributed by atoms with E-state index in [2.05, 4.69) is 5.32 Å². The highest BCUT2D eigenvalue weighted by Gasteiger charge is 2.32. The van der Waals surface area contributed by atoms with E-state index in [9.17, 15) is 13.2 Å². The van der Waals surface area contributed by atoms with Crippen LogP contribution in [0.5, 0.6) is 5.75 Å². The lowest BCUT2D eigenvalue weighted by atomic mass is 9.97. The van der Waals surface area contributed by atoms with Crippen molar-refractivity contribution in [3.05, 3.63) is 54.1 Å². The summed E-state index contributed by atoms with van der Waals surface area (Å²) in [6.45, 7) is 6.45. The molecule has 2 aromatic rings. The Morgan fingerprint density at radius 2 is 1.69 bits per heavy atom. The number of para-hydroxylation sites is 2. The standard InChI is InChI=1S/C22H28N2O4S/c1-16(2)28-21-7-5-4-6-20(21)23-22(25)18-12-14-24(15-13-18)29(26,27)19-10-8-17(3)9-11-19/h4-11,16,18H,12-15H2,1-3H3,(H,23,25). The van der Waals surface area contributed by atoms with Crippen LogP contribution >= 0.6 is 0 Å². The topological polar surface area (TPSA) is 75.7 Å². The lowest BCUT2D eigenvalue weighted by molar-refractivity contribution is -0.120. The van der Waals surface area contributed by atoms with Crippen LogP contribution in [0.1, 0.15) is 32.3 Å². The highest BCUT2D eigenvalue weighted by Crippen LogP contribution is 2.28. The molecular formula is C22H28N2O4S. The summed E-state index contributed by atoms with van der Waals surface area (Å²) in [5, 5.41) is 2.95. The van der Waals surface area contributed by atoms with Gasteiger partial charge in [0, 0.05) is 19.0 Å². The molecule has 0 atom stereocenters.